The standard InChI is InChI=1S/C28H29BrN4O5/c1-4-14-37-23-11-9-22(10-12-23)31-27(35)28(36)33-30-16-20-15-21(29)8-13-24(20)38-17-25(34)32-26-18(2)6-5-7-19(26)3/h5-13,15-16H,4,14,17H2,1-3H3,(H,31,35)(H,32,34)(H,33,36)/b30-16-. The van der Waals surface area contributed by atoms with Crippen LogP contribution in [0.3, 0.4) is 0 Å². The second-order valence-corrected chi connectivity index (χ2v) is 9.23. The van der Waals surface area contributed by atoms with E-state index in [2.05, 4.69) is 37.1 Å². The molecule has 10 heteroatoms. The van der Waals surface area contributed by atoms with E-state index < -0.39 is 11.8 Å². The average molecular weight is 581 g/mol. The smallest absolute Gasteiger partial charge is 0.329 e. The van der Waals surface area contributed by atoms with Crippen LogP contribution in [0.15, 0.2) is 70.2 Å². The van der Waals surface area contributed by atoms with E-state index in [1.54, 1.807) is 42.5 Å². The zero-order valence-electron chi connectivity index (χ0n) is 21.3. The Bertz CT molecular complexity index is 1310. The number of ether oxygens (including phenoxy) is 2. The summed E-state index contributed by atoms with van der Waals surface area (Å²) in [6.07, 6.45) is 2.21. The van der Waals surface area contributed by atoms with Gasteiger partial charge in [-0.3, -0.25) is 14.4 Å². The van der Waals surface area contributed by atoms with Crippen molar-refractivity contribution in [2.24, 2.45) is 5.10 Å². The minimum Gasteiger partial charge on any atom is -0.494 e. The number of halogens is 1. The van der Waals surface area contributed by atoms with Crippen LogP contribution in [0, 0.1) is 13.8 Å². The van der Waals surface area contributed by atoms with Crippen LogP contribution >= 0.6 is 15.9 Å². The van der Waals surface area contributed by atoms with E-state index in [4.69, 9.17) is 9.47 Å². The number of carbonyl (C=O) groups is 3. The molecule has 3 aromatic carbocycles. The number of aryl methyl sites for hydroxylation is 2. The van der Waals surface area contributed by atoms with Gasteiger partial charge in [-0.05, 0) is 73.9 Å². The summed E-state index contributed by atoms with van der Waals surface area (Å²) in [6.45, 7) is 6.21. The number of benzene rings is 3. The Kier molecular flexibility index (Phi) is 10.4. The molecule has 38 heavy (non-hydrogen) atoms. The molecule has 3 N–H and O–H groups in total. The molecule has 0 aliphatic rings. The van der Waals surface area contributed by atoms with Crippen LogP contribution < -0.4 is 25.5 Å². The van der Waals surface area contributed by atoms with E-state index in [1.807, 2.05) is 39.0 Å². The predicted octanol–water partition coefficient (Wildman–Crippen LogP) is 4.96. The predicted molar refractivity (Wildman–Crippen MR) is 151 cm³/mol. The van der Waals surface area contributed by atoms with E-state index in [0.29, 0.717) is 29.4 Å². The highest BCUT2D eigenvalue weighted by atomic mass is 79.9. The topological polar surface area (TPSA) is 118 Å². The summed E-state index contributed by atoms with van der Waals surface area (Å²) < 4.78 is 11.9. The maximum absolute atomic E-state index is 12.5. The lowest BCUT2D eigenvalue weighted by Gasteiger charge is -2.13. The first kappa shape index (κ1) is 28.4. The quantitative estimate of drug-likeness (QED) is 0.178. The van der Waals surface area contributed by atoms with Gasteiger partial charge in [-0.2, -0.15) is 5.10 Å². The SMILES string of the molecule is CCCOc1ccc(NC(=O)C(=O)N/N=C\c2cc(Br)ccc2OCC(=O)Nc2c(C)cccc2C)cc1. The fraction of sp³-hybridized carbons (Fsp3) is 0.214. The number of nitrogens with one attached hydrogen (secondary N) is 3. The van der Waals surface area contributed by atoms with Crippen molar-refractivity contribution >= 4 is 51.2 Å². The summed E-state index contributed by atoms with van der Waals surface area (Å²) in [5.74, 6) is -1.09. The van der Waals surface area contributed by atoms with Gasteiger partial charge in [-0.15, -0.1) is 0 Å². The molecule has 3 rings (SSSR count). The first-order valence-corrected chi connectivity index (χ1v) is 12.7. The zero-order valence-corrected chi connectivity index (χ0v) is 22.9. The van der Waals surface area contributed by atoms with E-state index in [9.17, 15) is 14.4 Å². The molecule has 0 unspecified atom stereocenters. The third-order valence-electron chi connectivity index (χ3n) is 5.24. The molecule has 0 heterocycles. The maximum atomic E-state index is 12.5. The van der Waals surface area contributed by atoms with Gasteiger partial charge in [0.25, 0.3) is 5.91 Å². The highest BCUT2D eigenvalue weighted by Crippen LogP contribution is 2.23. The molecule has 0 aromatic heterocycles. The van der Waals surface area contributed by atoms with Crippen molar-refractivity contribution in [2.45, 2.75) is 27.2 Å². The zero-order chi connectivity index (χ0) is 27.5. The van der Waals surface area contributed by atoms with Crippen molar-refractivity contribution in [3.63, 3.8) is 0 Å². The normalized spacial score (nSPS) is 10.6. The number of hydrogen-bond acceptors (Lipinski definition) is 6. The van der Waals surface area contributed by atoms with Crippen molar-refractivity contribution in [1.29, 1.82) is 0 Å². The molecule has 3 aromatic rings. The first-order chi connectivity index (χ1) is 18.3. The number of hydrogen-bond donors (Lipinski definition) is 3. The van der Waals surface area contributed by atoms with Gasteiger partial charge in [0.2, 0.25) is 0 Å². The lowest BCUT2D eigenvalue weighted by atomic mass is 10.1. The van der Waals surface area contributed by atoms with Gasteiger partial charge < -0.3 is 20.1 Å². The molecular formula is C28H29BrN4O5. The van der Waals surface area contributed by atoms with Crippen LogP contribution in [0.25, 0.3) is 0 Å². The number of rotatable bonds is 10. The number of amides is 3. The number of para-hydroxylation sites is 1. The third kappa shape index (κ3) is 8.45. The molecule has 0 radical (unpaired) electrons. The monoisotopic (exact) mass is 580 g/mol. The van der Waals surface area contributed by atoms with Crippen LogP contribution in [0.1, 0.15) is 30.0 Å². The minimum absolute atomic E-state index is 0.229. The molecule has 198 valence electrons. The molecule has 0 atom stereocenters. The van der Waals surface area contributed by atoms with Crippen molar-refractivity contribution < 1.29 is 23.9 Å². The summed E-state index contributed by atoms with van der Waals surface area (Å²) in [6, 6.07) is 17.6. The molecule has 0 bridgehead atoms. The van der Waals surface area contributed by atoms with Gasteiger partial charge in [0.1, 0.15) is 11.5 Å². The van der Waals surface area contributed by atoms with Crippen molar-refractivity contribution in [3.05, 3.63) is 81.8 Å². The first-order valence-electron chi connectivity index (χ1n) is 11.9. The maximum Gasteiger partial charge on any atom is 0.329 e. The van der Waals surface area contributed by atoms with E-state index in [-0.39, 0.29) is 12.5 Å². The Labute approximate surface area is 229 Å². The molecule has 0 aliphatic heterocycles. The number of nitrogens with zero attached hydrogens (tertiary/aromatic N) is 1. The second kappa shape index (κ2) is 13.9. The summed E-state index contributed by atoms with van der Waals surface area (Å²) in [5.41, 5.74) is 5.78. The summed E-state index contributed by atoms with van der Waals surface area (Å²) in [4.78, 5) is 36.9. The van der Waals surface area contributed by atoms with Gasteiger partial charge >= 0.3 is 11.8 Å². The van der Waals surface area contributed by atoms with Crippen LogP contribution in [0.5, 0.6) is 11.5 Å². The molecule has 0 saturated heterocycles. The van der Waals surface area contributed by atoms with E-state index >= 15 is 0 Å². The molecular weight excluding hydrogens is 552 g/mol. The fourth-order valence-electron chi connectivity index (χ4n) is 3.34. The molecule has 0 saturated carbocycles. The fourth-order valence-corrected chi connectivity index (χ4v) is 3.71. The Morgan fingerprint density at radius 3 is 2.32 bits per heavy atom. The van der Waals surface area contributed by atoms with Crippen LogP contribution in [-0.4, -0.2) is 37.1 Å². The summed E-state index contributed by atoms with van der Waals surface area (Å²) >= 11 is 3.38. The van der Waals surface area contributed by atoms with Crippen molar-refractivity contribution in [3.8, 4) is 11.5 Å². The van der Waals surface area contributed by atoms with E-state index in [1.165, 1.54) is 6.21 Å². The lowest BCUT2D eigenvalue weighted by molar-refractivity contribution is -0.136. The average Bonchev–Trinajstić information content (AvgIpc) is 2.90. The third-order valence-corrected chi connectivity index (χ3v) is 5.73. The molecule has 3 amide bonds. The number of anilines is 2. The molecule has 9 nitrogen and oxygen atoms in total. The number of carbonyl (C=O) groups excluding carboxylic acids is 3. The second-order valence-electron chi connectivity index (χ2n) is 8.31. The molecule has 0 fully saturated rings. The lowest BCUT2D eigenvalue weighted by Crippen LogP contribution is -2.32. The van der Waals surface area contributed by atoms with Crippen LogP contribution in [-0.2, 0) is 14.4 Å². The van der Waals surface area contributed by atoms with Gasteiger partial charge in [0.05, 0.1) is 12.8 Å². The Balaban J connectivity index is 1.55. The highest BCUT2D eigenvalue weighted by Gasteiger charge is 2.14. The van der Waals surface area contributed by atoms with Crippen molar-refractivity contribution in [1.82, 2.24) is 5.43 Å². The largest absolute Gasteiger partial charge is 0.494 e. The molecule has 0 spiro atoms. The Morgan fingerprint density at radius 2 is 1.63 bits per heavy atom. The molecule has 0 aliphatic carbocycles. The van der Waals surface area contributed by atoms with Gasteiger partial charge in [0.15, 0.2) is 6.61 Å². The van der Waals surface area contributed by atoms with Gasteiger partial charge in [-0.1, -0.05) is 41.1 Å². The Morgan fingerprint density at radius 1 is 0.921 bits per heavy atom. The number of hydrazone groups is 1. The van der Waals surface area contributed by atoms with Crippen LogP contribution in [0.2, 0.25) is 0 Å². The highest BCUT2D eigenvalue weighted by molar-refractivity contribution is 9.10. The van der Waals surface area contributed by atoms with E-state index in [0.717, 1.165) is 27.7 Å². The van der Waals surface area contributed by atoms with Gasteiger partial charge in [-0.25, -0.2) is 5.43 Å². The van der Waals surface area contributed by atoms with Gasteiger partial charge in [0, 0.05) is 21.4 Å². The summed E-state index contributed by atoms with van der Waals surface area (Å²) in [7, 11) is 0. The van der Waals surface area contributed by atoms with Crippen molar-refractivity contribution in [2.75, 3.05) is 23.8 Å². The summed E-state index contributed by atoms with van der Waals surface area (Å²) in [5, 5.41) is 9.23. The minimum atomic E-state index is -0.946. The Hall–Kier alpha value is -4.18. The van der Waals surface area contributed by atoms with Crippen LogP contribution in [0.4, 0.5) is 11.4 Å².